The fraction of sp³-hybridized carbons (Fsp3) is 0.500. The van der Waals surface area contributed by atoms with Crippen molar-refractivity contribution in [1.82, 2.24) is 5.32 Å². The molecule has 1 heterocycles. The molecule has 0 spiro atoms. The maximum absolute atomic E-state index is 5.87. The van der Waals surface area contributed by atoms with E-state index in [-0.39, 0.29) is 18.5 Å². The number of hydrogen-bond donors (Lipinski definition) is 2. The van der Waals surface area contributed by atoms with Gasteiger partial charge < -0.3 is 15.4 Å². The van der Waals surface area contributed by atoms with Gasteiger partial charge in [0.15, 0.2) is 0 Å². The van der Waals surface area contributed by atoms with Gasteiger partial charge in [-0.2, -0.15) is 0 Å². The summed E-state index contributed by atoms with van der Waals surface area (Å²) in [7, 11) is 0. The summed E-state index contributed by atoms with van der Waals surface area (Å²) in [6, 6.07) is 6.14. The normalized spacial score (nSPS) is 13.6. The van der Waals surface area contributed by atoms with Gasteiger partial charge in [0, 0.05) is 6.54 Å². The molecule has 5 heteroatoms. The summed E-state index contributed by atoms with van der Waals surface area (Å²) >= 11 is 0. The number of nitrogens with one attached hydrogen (secondary N) is 2. The maximum atomic E-state index is 5.87. The molecule has 19 heavy (non-hydrogen) atoms. The van der Waals surface area contributed by atoms with Crippen LogP contribution in [0, 0.1) is 6.92 Å². The van der Waals surface area contributed by atoms with Crippen LogP contribution in [0.5, 0.6) is 5.75 Å². The van der Waals surface area contributed by atoms with Crippen molar-refractivity contribution in [3.63, 3.8) is 0 Å². The Bertz CT molecular complexity index is 446. The molecule has 2 N–H and O–H groups in total. The summed E-state index contributed by atoms with van der Waals surface area (Å²) in [6.45, 7) is 8.68. The Kier molecular flexibility index (Phi) is 5.96. The van der Waals surface area contributed by atoms with Gasteiger partial charge in [-0.15, -0.1) is 12.4 Å². The molecule has 1 aromatic rings. The number of halogens is 1. The number of hydrogen-bond acceptors (Lipinski definition) is 4. The molecule has 0 aliphatic carbocycles. The van der Waals surface area contributed by atoms with Gasteiger partial charge in [-0.3, -0.25) is 4.99 Å². The van der Waals surface area contributed by atoms with Gasteiger partial charge in [-0.1, -0.05) is 12.1 Å². The van der Waals surface area contributed by atoms with Gasteiger partial charge in [0.1, 0.15) is 11.6 Å². The van der Waals surface area contributed by atoms with Gasteiger partial charge >= 0.3 is 0 Å². The third-order valence-corrected chi connectivity index (χ3v) is 2.76. The van der Waals surface area contributed by atoms with E-state index in [4.69, 9.17) is 4.74 Å². The lowest BCUT2D eigenvalue weighted by Crippen LogP contribution is -2.26. The topological polar surface area (TPSA) is 45.7 Å². The van der Waals surface area contributed by atoms with Gasteiger partial charge in [0.25, 0.3) is 0 Å². The van der Waals surface area contributed by atoms with E-state index in [1.807, 2.05) is 26.0 Å². The number of para-hydroxylation sites is 1. The second kappa shape index (κ2) is 7.24. The Hall–Kier alpha value is -1.42. The summed E-state index contributed by atoms with van der Waals surface area (Å²) < 4.78 is 5.87. The smallest absolute Gasteiger partial charge is 0.145 e. The first-order valence-electron chi connectivity index (χ1n) is 6.44. The van der Waals surface area contributed by atoms with E-state index >= 15 is 0 Å². The van der Waals surface area contributed by atoms with Gasteiger partial charge in [0.2, 0.25) is 0 Å². The summed E-state index contributed by atoms with van der Waals surface area (Å²) in [6.07, 6.45) is 0.175. The zero-order valence-corrected chi connectivity index (χ0v) is 12.5. The molecular formula is C14H22ClN3O. The van der Waals surface area contributed by atoms with E-state index in [0.717, 1.165) is 42.5 Å². The first-order chi connectivity index (χ1) is 8.66. The Morgan fingerprint density at radius 2 is 2.21 bits per heavy atom. The molecule has 106 valence electrons. The maximum Gasteiger partial charge on any atom is 0.145 e. The van der Waals surface area contributed by atoms with Crippen LogP contribution in [0.4, 0.5) is 5.69 Å². The number of amidine groups is 1. The van der Waals surface area contributed by atoms with Crippen molar-refractivity contribution in [3.8, 4) is 5.75 Å². The van der Waals surface area contributed by atoms with Crippen LogP contribution in [0.3, 0.4) is 0 Å². The monoisotopic (exact) mass is 283 g/mol. The third kappa shape index (κ3) is 4.31. The highest BCUT2D eigenvalue weighted by Crippen LogP contribution is 2.29. The summed E-state index contributed by atoms with van der Waals surface area (Å²) in [4.78, 5) is 4.37. The van der Waals surface area contributed by atoms with Crippen LogP contribution < -0.4 is 15.4 Å². The Morgan fingerprint density at radius 3 is 2.84 bits per heavy atom. The summed E-state index contributed by atoms with van der Waals surface area (Å²) in [5, 5.41) is 6.63. The highest BCUT2D eigenvalue weighted by atomic mass is 35.5. The van der Waals surface area contributed by atoms with Crippen molar-refractivity contribution in [2.45, 2.75) is 26.9 Å². The van der Waals surface area contributed by atoms with Crippen LogP contribution in [-0.4, -0.2) is 31.6 Å². The molecular weight excluding hydrogens is 262 g/mol. The lowest BCUT2D eigenvalue weighted by atomic mass is 10.2. The molecule has 0 bridgehead atoms. The van der Waals surface area contributed by atoms with E-state index in [9.17, 15) is 0 Å². The molecule has 0 saturated carbocycles. The minimum atomic E-state index is 0. The first-order valence-corrected chi connectivity index (χ1v) is 6.44. The van der Waals surface area contributed by atoms with Crippen molar-refractivity contribution in [1.29, 1.82) is 0 Å². The lowest BCUT2D eigenvalue weighted by molar-refractivity contribution is 0.242. The second-order valence-corrected chi connectivity index (χ2v) is 4.73. The van der Waals surface area contributed by atoms with E-state index in [1.165, 1.54) is 0 Å². The average molecular weight is 284 g/mol. The van der Waals surface area contributed by atoms with Crippen molar-refractivity contribution < 1.29 is 4.74 Å². The van der Waals surface area contributed by atoms with E-state index < -0.39 is 0 Å². The molecule has 1 aliphatic heterocycles. The SMILES string of the molecule is Cc1cccc(NCC2=NCCN2)c1OC(C)C.Cl. The molecule has 0 amide bonds. The zero-order chi connectivity index (χ0) is 13.0. The molecule has 0 fully saturated rings. The molecule has 1 aromatic carbocycles. The molecule has 0 aromatic heterocycles. The van der Waals surface area contributed by atoms with Crippen LogP contribution in [0.25, 0.3) is 0 Å². The van der Waals surface area contributed by atoms with Gasteiger partial charge in [-0.25, -0.2) is 0 Å². The van der Waals surface area contributed by atoms with Crippen LogP contribution in [-0.2, 0) is 0 Å². The molecule has 0 saturated heterocycles. The van der Waals surface area contributed by atoms with E-state index in [1.54, 1.807) is 0 Å². The number of benzene rings is 1. The molecule has 0 radical (unpaired) electrons. The van der Waals surface area contributed by atoms with Crippen molar-refractivity contribution >= 4 is 23.9 Å². The number of anilines is 1. The van der Waals surface area contributed by atoms with Gasteiger partial charge in [0.05, 0.1) is 24.9 Å². The summed E-state index contributed by atoms with van der Waals surface area (Å²) in [5.74, 6) is 1.96. The minimum absolute atomic E-state index is 0. The lowest BCUT2D eigenvalue weighted by Gasteiger charge is -2.17. The van der Waals surface area contributed by atoms with Crippen molar-refractivity contribution in [2.24, 2.45) is 4.99 Å². The van der Waals surface area contributed by atoms with E-state index in [0.29, 0.717) is 0 Å². The van der Waals surface area contributed by atoms with Crippen molar-refractivity contribution in [3.05, 3.63) is 23.8 Å². The number of aryl methyl sites for hydroxylation is 1. The predicted octanol–water partition coefficient (Wildman–Crippen LogP) is 2.62. The van der Waals surface area contributed by atoms with Crippen LogP contribution >= 0.6 is 12.4 Å². The standard InChI is InChI=1S/C14H21N3O.ClH/c1-10(2)18-14-11(3)5-4-6-12(14)17-9-13-15-7-8-16-13;/h4-6,10,17H,7-9H2,1-3H3,(H,15,16);1H. The Balaban J connectivity index is 0.00000180. The van der Waals surface area contributed by atoms with Crippen LogP contribution in [0.15, 0.2) is 23.2 Å². The molecule has 0 unspecified atom stereocenters. The minimum Gasteiger partial charge on any atom is -0.489 e. The summed E-state index contributed by atoms with van der Waals surface area (Å²) in [5.41, 5.74) is 2.18. The molecule has 4 nitrogen and oxygen atoms in total. The fourth-order valence-corrected chi connectivity index (χ4v) is 1.93. The molecule has 1 aliphatic rings. The zero-order valence-electron chi connectivity index (χ0n) is 11.7. The van der Waals surface area contributed by atoms with Crippen LogP contribution in [0.2, 0.25) is 0 Å². The highest BCUT2D eigenvalue weighted by Gasteiger charge is 2.10. The Labute approximate surface area is 121 Å². The molecule has 0 atom stereocenters. The third-order valence-electron chi connectivity index (χ3n) is 2.76. The van der Waals surface area contributed by atoms with E-state index in [2.05, 4.69) is 28.6 Å². The van der Waals surface area contributed by atoms with Crippen molar-refractivity contribution in [2.75, 3.05) is 25.0 Å². The van der Waals surface area contributed by atoms with Crippen LogP contribution in [0.1, 0.15) is 19.4 Å². The largest absolute Gasteiger partial charge is 0.489 e. The number of nitrogens with zero attached hydrogens (tertiary/aromatic N) is 1. The Morgan fingerprint density at radius 1 is 1.42 bits per heavy atom. The van der Waals surface area contributed by atoms with Gasteiger partial charge in [-0.05, 0) is 32.4 Å². The first kappa shape index (κ1) is 15.6. The quantitative estimate of drug-likeness (QED) is 0.873. The fourth-order valence-electron chi connectivity index (χ4n) is 1.93. The predicted molar refractivity (Wildman–Crippen MR) is 83.0 cm³/mol. The number of aliphatic imine (C=N–C) groups is 1. The number of ether oxygens (including phenoxy) is 1. The molecule has 2 rings (SSSR count). The average Bonchev–Trinajstić information content (AvgIpc) is 2.82. The number of rotatable bonds is 5. The second-order valence-electron chi connectivity index (χ2n) is 4.73. The highest BCUT2D eigenvalue weighted by molar-refractivity contribution is 5.88.